The maximum atomic E-state index is 12.5. The van der Waals surface area contributed by atoms with E-state index in [1.165, 1.54) is 11.1 Å². The third-order valence-electron chi connectivity index (χ3n) is 4.86. The molecular weight excluding hydrogens is 274 g/mol. The van der Waals surface area contributed by atoms with E-state index in [1.54, 1.807) is 6.92 Å². The summed E-state index contributed by atoms with van der Waals surface area (Å²) in [5.41, 5.74) is 1.84. The number of amides is 1. The van der Waals surface area contributed by atoms with Gasteiger partial charge in [0, 0.05) is 13.1 Å². The van der Waals surface area contributed by atoms with Gasteiger partial charge in [0.15, 0.2) is 0 Å². The minimum Gasteiger partial charge on any atom is -0.336 e. The van der Waals surface area contributed by atoms with Gasteiger partial charge in [0.1, 0.15) is 5.54 Å². The van der Waals surface area contributed by atoms with Crippen molar-refractivity contribution in [3.8, 4) is 6.07 Å². The number of rotatable bonds is 4. The van der Waals surface area contributed by atoms with Crippen LogP contribution in [0.15, 0.2) is 24.3 Å². The molecule has 1 aliphatic heterocycles. The topological polar surface area (TPSA) is 56.1 Å². The lowest BCUT2D eigenvalue weighted by Crippen LogP contribution is -2.55. The highest BCUT2D eigenvalue weighted by atomic mass is 16.2. The quantitative estimate of drug-likeness (QED) is 0.929. The number of nitrogens with zero attached hydrogens (tertiary/aromatic N) is 2. The summed E-state index contributed by atoms with van der Waals surface area (Å²) in [5.74, 6) is -0.00661. The molecule has 1 aromatic rings. The minimum absolute atomic E-state index is 0.0655. The predicted octanol–water partition coefficient (Wildman–Crippen LogP) is 2.49. The summed E-state index contributed by atoms with van der Waals surface area (Å²) >= 11 is 0. The molecular formula is C18H25N3O. The summed E-state index contributed by atoms with van der Waals surface area (Å²) < 4.78 is 0. The highest BCUT2D eigenvalue weighted by molar-refractivity contribution is 5.82. The Morgan fingerprint density at radius 2 is 1.95 bits per heavy atom. The second kappa shape index (κ2) is 6.50. The van der Waals surface area contributed by atoms with Crippen molar-refractivity contribution in [3.05, 3.63) is 35.4 Å². The van der Waals surface area contributed by atoms with Crippen LogP contribution in [0.5, 0.6) is 0 Å². The van der Waals surface area contributed by atoms with Crippen molar-refractivity contribution in [1.82, 2.24) is 10.2 Å². The first kappa shape index (κ1) is 16.5. The van der Waals surface area contributed by atoms with Crippen LogP contribution in [0.4, 0.5) is 0 Å². The summed E-state index contributed by atoms with van der Waals surface area (Å²) in [6.45, 7) is 9.26. The summed E-state index contributed by atoms with van der Waals surface area (Å²) in [6, 6.07) is 10.4. The minimum atomic E-state index is -0.820. The number of carbonyl (C=O) groups excluding carboxylic acids is 1. The number of nitriles is 1. The molecule has 0 saturated heterocycles. The van der Waals surface area contributed by atoms with Crippen LogP contribution in [-0.2, 0) is 17.8 Å². The Kier molecular flexibility index (Phi) is 4.87. The van der Waals surface area contributed by atoms with Crippen molar-refractivity contribution in [1.29, 1.82) is 5.26 Å². The van der Waals surface area contributed by atoms with Gasteiger partial charge in [-0.25, -0.2) is 0 Å². The molecule has 4 heteroatoms. The average molecular weight is 299 g/mol. The second-order valence-electron chi connectivity index (χ2n) is 6.62. The van der Waals surface area contributed by atoms with Gasteiger partial charge in [0.2, 0.25) is 5.91 Å². The Balaban J connectivity index is 2.05. The van der Waals surface area contributed by atoms with Gasteiger partial charge in [-0.05, 0) is 37.3 Å². The molecule has 0 bridgehead atoms. The highest BCUT2D eigenvalue weighted by Gasteiger charge is 2.33. The summed E-state index contributed by atoms with van der Waals surface area (Å²) in [7, 11) is 0. The van der Waals surface area contributed by atoms with E-state index < -0.39 is 5.54 Å². The van der Waals surface area contributed by atoms with Gasteiger partial charge in [-0.3, -0.25) is 9.69 Å². The fourth-order valence-corrected chi connectivity index (χ4v) is 2.68. The molecule has 1 amide bonds. The number of hydrogen-bond donors (Lipinski definition) is 1. The largest absolute Gasteiger partial charge is 0.336 e. The third-order valence-corrected chi connectivity index (χ3v) is 4.86. The molecule has 2 atom stereocenters. The molecule has 1 heterocycles. The molecule has 1 aromatic carbocycles. The number of fused-ring (bicyclic) bond motifs is 1. The Morgan fingerprint density at radius 3 is 2.55 bits per heavy atom. The fourth-order valence-electron chi connectivity index (χ4n) is 2.68. The van der Waals surface area contributed by atoms with Gasteiger partial charge >= 0.3 is 0 Å². The molecule has 0 aliphatic carbocycles. The van der Waals surface area contributed by atoms with Crippen molar-refractivity contribution in [2.45, 2.75) is 52.2 Å². The van der Waals surface area contributed by atoms with Crippen molar-refractivity contribution in [3.63, 3.8) is 0 Å². The lowest BCUT2D eigenvalue weighted by Gasteiger charge is -2.35. The predicted molar refractivity (Wildman–Crippen MR) is 87.0 cm³/mol. The maximum absolute atomic E-state index is 12.5. The van der Waals surface area contributed by atoms with Crippen LogP contribution < -0.4 is 5.32 Å². The Hall–Kier alpha value is -1.86. The molecule has 0 unspecified atom stereocenters. The monoisotopic (exact) mass is 299 g/mol. The smallest absolute Gasteiger partial charge is 0.238 e. The lowest BCUT2D eigenvalue weighted by atomic mass is 9.89. The molecule has 22 heavy (non-hydrogen) atoms. The molecule has 0 spiro atoms. The van der Waals surface area contributed by atoms with E-state index in [2.05, 4.69) is 34.5 Å². The van der Waals surface area contributed by atoms with E-state index in [9.17, 15) is 10.1 Å². The average Bonchev–Trinajstić information content (AvgIpc) is 2.53. The van der Waals surface area contributed by atoms with Gasteiger partial charge in [-0.1, -0.05) is 38.1 Å². The molecule has 2 rings (SSSR count). The van der Waals surface area contributed by atoms with E-state index >= 15 is 0 Å². The van der Waals surface area contributed by atoms with Crippen molar-refractivity contribution < 1.29 is 4.79 Å². The first-order valence-corrected chi connectivity index (χ1v) is 7.91. The van der Waals surface area contributed by atoms with Gasteiger partial charge in [-0.2, -0.15) is 5.26 Å². The van der Waals surface area contributed by atoms with Crippen molar-refractivity contribution in [2.75, 3.05) is 6.54 Å². The van der Waals surface area contributed by atoms with Crippen LogP contribution in [0.2, 0.25) is 0 Å². The van der Waals surface area contributed by atoms with Gasteiger partial charge in [-0.15, -0.1) is 0 Å². The molecule has 118 valence electrons. The van der Waals surface area contributed by atoms with E-state index in [0.29, 0.717) is 0 Å². The number of carbonyl (C=O) groups is 1. The molecule has 4 nitrogen and oxygen atoms in total. The number of hydrogen-bond acceptors (Lipinski definition) is 3. The van der Waals surface area contributed by atoms with Gasteiger partial charge in [0.05, 0.1) is 12.1 Å². The SMILES string of the molecule is CC(C)[C@@](C)(C#N)NC(=O)[C@H](C)N1CCc2ccccc2C1. The zero-order chi connectivity index (χ0) is 16.3. The zero-order valence-electron chi connectivity index (χ0n) is 13.9. The summed E-state index contributed by atoms with van der Waals surface area (Å²) in [6.07, 6.45) is 0.966. The van der Waals surface area contributed by atoms with Crippen LogP contribution >= 0.6 is 0 Å². The van der Waals surface area contributed by atoms with E-state index in [1.807, 2.05) is 26.8 Å². The Morgan fingerprint density at radius 1 is 1.32 bits per heavy atom. The van der Waals surface area contributed by atoms with Crippen LogP contribution in [0, 0.1) is 17.2 Å². The molecule has 0 aromatic heterocycles. The van der Waals surface area contributed by atoms with Crippen molar-refractivity contribution in [2.24, 2.45) is 5.92 Å². The third kappa shape index (κ3) is 3.31. The van der Waals surface area contributed by atoms with E-state index in [0.717, 1.165) is 19.5 Å². The highest BCUT2D eigenvalue weighted by Crippen LogP contribution is 2.21. The molecule has 0 radical (unpaired) electrons. The first-order valence-electron chi connectivity index (χ1n) is 7.91. The number of nitrogens with one attached hydrogen (secondary N) is 1. The van der Waals surface area contributed by atoms with Crippen LogP contribution in [0.3, 0.4) is 0 Å². The van der Waals surface area contributed by atoms with Crippen LogP contribution in [0.25, 0.3) is 0 Å². The second-order valence-corrected chi connectivity index (χ2v) is 6.62. The summed E-state index contributed by atoms with van der Waals surface area (Å²) in [5, 5.41) is 12.3. The van der Waals surface area contributed by atoms with Crippen LogP contribution in [-0.4, -0.2) is 28.9 Å². The Labute approximate surface area is 133 Å². The lowest BCUT2D eigenvalue weighted by molar-refractivity contribution is -0.127. The van der Waals surface area contributed by atoms with Gasteiger partial charge in [0.25, 0.3) is 0 Å². The Bertz CT molecular complexity index is 590. The first-order chi connectivity index (χ1) is 10.4. The molecule has 1 N–H and O–H groups in total. The van der Waals surface area contributed by atoms with Gasteiger partial charge < -0.3 is 5.32 Å². The van der Waals surface area contributed by atoms with Crippen molar-refractivity contribution >= 4 is 5.91 Å². The maximum Gasteiger partial charge on any atom is 0.238 e. The normalized spacial score (nSPS) is 18.9. The molecule has 0 saturated carbocycles. The van der Waals surface area contributed by atoms with E-state index in [-0.39, 0.29) is 17.9 Å². The molecule has 0 fully saturated rings. The fraction of sp³-hybridized carbons (Fsp3) is 0.556. The van der Waals surface area contributed by atoms with E-state index in [4.69, 9.17) is 0 Å². The summed E-state index contributed by atoms with van der Waals surface area (Å²) in [4.78, 5) is 14.7. The van der Waals surface area contributed by atoms with Crippen LogP contribution in [0.1, 0.15) is 38.8 Å². The molecule has 1 aliphatic rings. The standard InChI is InChI=1S/C18H25N3O/c1-13(2)18(4,12-19)20-17(22)14(3)21-10-9-15-7-5-6-8-16(15)11-21/h5-8,13-14H,9-11H2,1-4H3,(H,20,22)/t14-,18+/m0/s1. The zero-order valence-corrected chi connectivity index (χ0v) is 13.9. The number of benzene rings is 1.